The number of aliphatic hydroxyl groups is 1. The van der Waals surface area contributed by atoms with Crippen molar-refractivity contribution in [3.8, 4) is 5.75 Å². The van der Waals surface area contributed by atoms with Gasteiger partial charge in [-0.15, -0.1) is 0 Å². The first-order valence-electron chi connectivity index (χ1n) is 13.4. The summed E-state index contributed by atoms with van der Waals surface area (Å²) in [5.74, 6) is 0.139. The van der Waals surface area contributed by atoms with Crippen LogP contribution in [-0.4, -0.2) is 46.6 Å². The third-order valence-electron chi connectivity index (χ3n) is 6.31. The number of hydrogen-bond acceptors (Lipinski definition) is 7. The van der Waals surface area contributed by atoms with E-state index < -0.39 is 12.1 Å². The van der Waals surface area contributed by atoms with Crippen molar-refractivity contribution in [2.75, 3.05) is 19.8 Å². The molecule has 4 aromatic rings. The van der Waals surface area contributed by atoms with E-state index in [1.54, 1.807) is 41.8 Å². The summed E-state index contributed by atoms with van der Waals surface area (Å²) < 4.78 is 12.6. The van der Waals surface area contributed by atoms with Crippen LogP contribution in [0.5, 0.6) is 5.75 Å². The minimum Gasteiger partial charge on any atom is -0.547 e. The Hall–Kier alpha value is -4.05. The fourth-order valence-electron chi connectivity index (χ4n) is 4.15. The number of carbonyl (C=O) groups excluding carboxylic acids is 1. The zero-order chi connectivity index (χ0) is 28.9. The number of para-hydroxylation sites is 1. The van der Waals surface area contributed by atoms with E-state index in [-0.39, 0.29) is 24.6 Å². The van der Waals surface area contributed by atoms with Crippen LogP contribution in [0.2, 0.25) is 0 Å². The lowest BCUT2D eigenvalue weighted by Gasteiger charge is -2.18. The number of ether oxygens (including phenoxy) is 2. The molecule has 0 fully saturated rings. The van der Waals surface area contributed by atoms with Gasteiger partial charge in [-0.1, -0.05) is 61.5 Å². The summed E-state index contributed by atoms with van der Waals surface area (Å²) in [6.07, 6.45) is -0.0932. The normalized spacial score (nSPS) is 12.3. The summed E-state index contributed by atoms with van der Waals surface area (Å²) in [6.45, 7) is 4.83. The monoisotopic (exact) mass is 547 g/mol. The Morgan fingerprint density at radius 2 is 1.70 bits per heavy atom. The topological polar surface area (TPSA) is 141 Å². The van der Waals surface area contributed by atoms with Gasteiger partial charge < -0.3 is 30.2 Å². The van der Waals surface area contributed by atoms with E-state index in [9.17, 15) is 14.7 Å². The van der Waals surface area contributed by atoms with Crippen molar-refractivity contribution < 1.29 is 30.2 Å². The molecule has 40 heavy (non-hydrogen) atoms. The van der Waals surface area contributed by atoms with Gasteiger partial charge in [-0.2, -0.15) is 0 Å². The molecule has 0 aliphatic rings. The molecule has 0 bridgehead atoms. The molecule has 9 heteroatoms. The van der Waals surface area contributed by atoms with E-state index in [4.69, 9.17) is 14.6 Å². The van der Waals surface area contributed by atoms with Gasteiger partial charge in [0.15, 0.2) is 0 Å². The third kappa shape index (κ3) is 8.47. The lowest BCUT2D eigenvalue weighted by Crippen LogP contribution is -2.55. The molecule has 0 spiro atoms. The Bertz CT molecular complexity index is 1410. The Morgan fingerprint density at radius 1 is 1.02 bits per heavy atom. The Morgan fingerprint density at radius 3 is 2.33 bits per heavy atom. The van der Waals surface area contributed by atoms with Gasteiger partial charge in [0.1, 0.15) is 30.3 Å². The van der Waals surface area contributed by atoms with Gasteiger partial charge in [-0.3, -0.25) is 9.36 Å². The summed E-state index contributed by atoms with van der Waals surface area (Å²) >= 11 is 0. The van der Waals surface area contributed by atoms with E-state index in [1.165, 1.54) is 0 Å². The zero-order valence-corrected chi connectivity index (χ0v) is 23.0. The molecule has 0 amide bonds. The number of carboxylic acid groups (broad SMARTS) is 1. The van der Waals surface area contributed by atoms with Gasteiger partial charge in [-0.05, 0) is 36.8 Å². The van der Waals surface area contributed by atoms with Crippen LogP contribution in [0.3, 0.4) is 0 Å². The molecule has 0 aliphatic carbocycles. The van der Waals surface area contributed by atoms with E-state index in [1.807, 2.05) is 55.5 Å². The molecule has 212 valence electrons. The van der Waals surface area contributed by atoms with Crippen LogP contribution in [-0.2, 0) is 28.9 Å². The van der Waals surface area contributed by atoms with E-state index in [0.717, 1.165) is 17.0 Å². The number of nitrogens with zero attached hydrogens (tertiary/aromatic N) is 2. The van der Waals surface area contributed by atoms with Gasteiger partial charge in [0.05, 0.1) is 30.0 Å². The number of carbonyl (C=O) groups is 1. The first-order chi connectivity index (χ1) is 19.4. The highest BCUT2D eigenvalue weighted by Gasteiger charge is 2.12. The SMILES string of the molecule is CCO[C@@H](Cc1ccc(OCCn2c(CC)nc3ccccc3c2=O)cc1)C(=O)[O-].[NH3+]C(CO)c1ccccc1. The van der Waals surface area contributed by atoms with Crippen LogP contribution in [0.15, 0.2) is 83.7 Å². The van der Waals surface area contributed by atoms with Gasteiger partial charge >= 0.3 is 0 Å². The van der Waals surface area contributed by atoms with E-state index in [2.05, 4.69) is 10.7 Å². The van der Waals surface area contributed by atoms with Crippen molar-refractivity contribution in [1.29, 1.82) is 0 Å². The Labute approximate surface area is 233 Å². The summed E-state index contributed by atoms with van der Waals surface area (Å²) in [6, 6.07) is 24.3. The average molecular weight is 548 g/mol. The molecular formula is C31H37N3O6. The largest absolute Gasteiger partial charge is 0.547 e. The van der Waals surface area contributed by atoms with Crippen molar-refractivity contribution in [3.05, 3.63) is 106 Å². The van der Waals surface area contributed by atoms with Crippen molar-refractivity contribution in [2.45, 2.75) is 45.4 Å². The van der Waals surface area contributed by atoms with Crippen molar-refractivity contribution in [3.63, 3.8) is 0 Å². The van der Waals surface area contributed by atoms with Gasteiger partial charge in [0.2, 0.25) is 0 Å². The van der Waals surface area contributed by atoms with Crippen LogP contribution >= 0.6 is 0 Å². The molecule has 0 aliphatic heterocycles. The minimum atomic E-state index is -1.22. The number of hydrogen-bond donors (Lipinski definition) is 2. The number of carboxylic acids is 1. The molecule has 2 atom stereocenters. The number of quaternary nitrogens is 1. The Kier molecular flexibility index (Phi) is 11.8. The van der Waals surface area contributed by atoms with Crippen LogP contribution < -0.4 is 21.1 Å². The Balaban J connectivity index is 0.000000371. The summed E-state index contributed by atoms with van der Waals surface area (Å²) in [5, 5.41) is 20.4. The molecule has 9 nitrogen and oxygen atoms in total. The number of aliphatic hydroxyl groups excluding tert-OH is 1. The third-order valence-corrected chi connectivity index (χ3v) is 6.31. The lowest BCUT2D eigenvalue weighted by atomic mass is 10.1. The smallest absolute Gasteiger partial charge is 0.261 e. The molecule has 4 rings (SSSR count). The van der Waals surface area contributed by atoms with Crippen molar-refractivity contribution in [1.82, 2.24) is 9.55 Å². The summed E-state index contributed by atoms with van der Waals surface area (Å²) in [7, 11) is 0. The number of benzene rings is 3. The maximum atomic E-state index is 12.8. The number of aromatic nitrogens is 2. The highest BCUT2D eigenvalue weighted by Crippen LogP contribution is 2.15. The molecule has 0 saturated heterocycles. The molecule has 4 N–H and O–H groups in total. The van der Waals surface area contributed by atoms with Crippen LogP contribution in [0.25, 0.3) is 10.9 Å². The molecular weight excluding hydrogens is 510 g/mol. The second-order valence-electron chi connectivity index (χ2n) is 9.11. The first-order valence-corrected chi connectivity index (χ1v) is 13.4. The average Bonchev–Trinajstić information content (AvgIpc) is 2.99. The van der Waals surface area contributed by atoms with Gasteiger partial charge in [0, 0.05) is 25.0 Å². The fourth-order valence-corrected chi connectivity index (χ4v) is 4.15. The quantitative estimate of drug-likeness (QED) is 0.275. The first kappa shape index (κ1) is 30.5. The van der Waals surface area contributed by atoms with Crippen molar-refractivity contribution >= 4 is 16.9 Å². The number of rotatable bonds is 12. The number of aliphatic carboxylic acids is 1. The maximum absolute atomic E-state index is 12.8. The van der Waals surface area contributed by atoms with E-state index >= 15 is 0 Å². The van der Waals surface area contributed by atoms with Gasteiger partial charge in [0.25, 0.3) is 5.56 Å². The molecule has 1 unspecified atom stereocenters. The highest BCUT2D eigenvalue weighted by atomic mass is 16.5. The molecule has 1 heterocycles. The molecule has 0 saturated carbocycles. The molecule has 3 aromatic carbocycles. The predicted octanol–water partition coefficient (Wildman–Crippen LogP) is 1.70. The predicted molar refractivity (Wildman–Crippen MR) is 151 cm³/mol. The number of fused-ring (bicyclic) bond motifs is 1. The van der Waals surface area contributed by atoms with Crippen molar-refractivity contribution in [2.24, 2.45) is 0 Å². The van der Waals surface area contributed by atoms with Gasteiger partial charge in [-0.25, -0.2) is 4.98 Å². The van der Waals surface area contributed by atoms with Crippen LogP contribution in [0, 0.1) is 0 Å². The second-order valence-corrected chi connectivity index (χ2v) is 9.11. The second kappa shape index (κ2) is 15.5. The molecule has 0 radical (unpaired) electrons. The minimum absolute atomic E-state index is 0.0150. The zero-order valence-electron chi connectivity index (χ0n) is 23.0. The van der Waals surface area contributed by atoms with Crippen LogP contribution in [0.4, 0.5) is 0 Å². The number of aryl methyl sites for hydroxylation is 1. The maximum Gasteiger partial charge on any atom is 0.261 e. The molecule has 1 aromatic heterocycles. The summed E-state index contributed by atoms with van der Waals surface area (Å²) in [5.41, 5.74) is 6.31. The van der Waals surface area contributed by atoms with Crippen LogP contribution in [0.1, 0.15) is 36.8 Å². The summed E-state index contributed by atoms with van der Waals surface area (Å²) in [4.78, 5) is 28.5. The van der Waals surface area contributed by atoms with E-state index in [0.29, 0.717) is 42.8 Å². The lowest BCUT2D eigenvalue weighted by molar-refractivity contribution is -0.432. The highest BCUT2D eigenvalue weighted by molar-refractivity contribution is 5.77. The standard InChI is InChI=1S/C23H26N2O5.C8H11NO/c1-3-21-24-19-8-6-5-7-18(19)22(26)25(21)13-14-30-17-11-9-16(10-12-17)15-20(23(27)28)29-4-2;9-8(6-10)7-4-2-1-3-5-7/h5-12,20H,3-4,13-15H2,1-2H3,(H,27,28);1-5,8,10H,6,9H2/t20-;/m0./s1. The fraction of sp³-hybridized carbons (Fsp3) is 0.323.